The Morgan fingerprint density at radius 2 is 0.674 bits per heavy atom. The van der Waals surface area contributed by atoms with Crippen LogP contribution in [0.5, 0.6) is 0 Å². The third kappa shape index (κ3) is 35.6. The second-order valence-electron chi connectivity index (χ2n) is 14.3. The first-order valence-electron chi connectivity index (χ1n) is 19.9. The molecule has 0 aliphatic carbocycles. The van der Waals surface area contributed by atoms with Gasteiger partial charge in [0.15, 0.2) is 0 Å². The molecule has 256 valence electrons. The topological polar surface area (TPSA) is 37.3 Å². The van der Waals surface area contributed by atoms with Crippen LogP contribution in [0.25, 0.3) is 0 Å². The minimum absolute atomic E-state index is 0.176. The van der Waals surface area contributed by atoms with E-state index in [9.17, 15) is 9.90 Å². The molecule has 0 aliphatic heterocycles. The van der Waals surface area contributed by atoms with Crippen LogP contribution in [0.4, 0.5) is 0 Å². The number of carboxylic acid groups (broad SMARTS) is 1. The maximum absolute atomic E-state index is 11.4. The number of carbonyl (C=O) groups is 1. The third-order valence-electron chi connectivity index (χ3n) is 9.67. The Balaban J connectivity index is 3.16. The van der Waals surface area contributed by atoms with Crippen LogP contribution in [-0.4, -0.2) is 11.1 Å². The fraction of sp³-hybridized carbons (Fsp3) is 0.927. The fourth-order valence-electron chi connectivity index (χ4n) is 6.58. The second-order valence-corrected chi connectivity index (χ2v) is 14.3. The normalized spacial score (nSPS) is 12.1. The highest BCUT2D eigenvalue weighted by Crippen LogP contribution is 2.20. The first-order chi connectivity index (χ1) is 21.1. The first-order valence-corrected chi connectivity index (χ1v) is 19.9. The predicted octanol–water partition coefficient (Wildman–Crippen LogP) is 14.9. The molecule has 2 heteroatoms. The van der Waals surface area contributed by atoms with Crippen LogP contribution < -0.4 is 0 Å². The zero-order valence-corrected chi connectivity index (χ0v) is 29.9. The lowest BCUT2D eigenvalue weighted by atomic mass is 9.94. The molecule has 0 saturated carbocycles. The van der Waals surface area contributed by atoms with Crippen LogP contribution in [0.1, 0.15) is 239 Å². The highest BCUT2D eigenvalue weighted by molar-refractivity contribution is 5.69. The molecule has 0 radical (unpaired) electrons. The summed E-state index contributed by atoms with van der Waals surface area (Å²) in [5.41, 5.74) is 1.09. The van der Waals surface area contributed by atoms with Crippen LogP contribution in [0.15, 0.2) is 12.2 Å². The number of aliphatic carboxylic acids is 1. The molecule has 2 nitrogen and oxygen atoms in total. The van der Waals surface area contributed by atoms with Gasteiger partial charge in [-0.15, -0.1) is 6.58 Å². The molecular weight excluding hydrogens is 524 g/mol. The van der Waals surface area contributed by atoms with E-state index in [0.717, 1.165) is 31.3 Å². The Labute approximate surface area is 272 Å². The standard InChI is InChI=1S/C41H80O2/c1-4-5-6-7-8-9-10-11-12-13-14-15-16-17-18-19-20-21-22-23-24-25-26-27-28-29-30-31-32-33-34-35-36-40(41(42)43)38-37-39(2)3/h40H,2,4-38H2,1,3H3,(H,42,43). The summed E-state index contributed by atoms with van der Waals surface area (Å²) in [5, 5.41) is 9.37. The van der Waals surface area contributed by atoms with Gasteiger partial charge in [-0.3, -0.25) is 4.79 Å². The maximum atomic E-state index is 11.4. The van der Waals surface area contributed by atoms with Crippen molar-refractivity contribution in [2.45, 2.75) is 239 Å². The first kappa shape index (κ1) is 42.2. The van der Waals surface area contributed by atoms with E-state index in [1.54, 1.807) is 0 Å². The largest absolute Gasteiger partial charge is 0.481 e. The fourth-order valence-corrected chi connectivity index (χ4v) is 6.58. The number of hydrogen-bond acceptors (Lipinski definition) is 1. The molecule has 0 spiro atoms. The molecule has 0 rings (SSSR count). The van der Waals surface area contributed by atoms with Gasteiger partial charge in [-0.2, -0.15) is 0 Å². The van der Waals surface area contributed by atoms with Crippen LogP contribution in [0.2, 0.25) is 0 Å². The monoisotopic (exact) mass is 605 g/mol. The number of carboxylic acids is 1. The van der Waals surface area contributed by atoms with Crippen LogP contribution in [-0.2, 0) is 4.79 Å². The van der Waals surface area contributed by atoms with Gasteiger partial charge in [0, 0.05) is 0 Å². The van der Waals surface area contributed by atoms with Crippen molar-refractivity contribution < 1.29 is 9.90 Å². The van der Waals surface area contributed by atoms with Crippen molar-refractivity contribution in [3.05, 3.63) is 12.2 Å². The summed E-state index contributed by atoms with van der Waals surface area (Å²) in [4.78, 5) is 11.4. The number of unbranched alkanes of at least 4 members (excludes halogenated alkanes) is 31. The van der Waals surface area contributed by atoms with Gasteiger partial charge in [0.1, 0.15) is 0 Å². The van der Waals surface area contributed by atoms with E-state index in [-0.39, 0.29) is 5.92 Å². The lowest BCUT2D eigenvalue weighted by Gasteiger charge is -2.12. The molecule has 1 atom stereocenters. The van der Waals surface area contributed by atoms with Gasteiger partial charge in [-0.05, 0) is 26.2 Å². The molecule has 0 aliphatic rings. The van der Waals surface area contributed by atoms with E-state index >= 15 is 0 Å². The van der Waals surface area contributed by atoms with E-state index in [1.165, 1.54) is 199 Å². The van der Waals surface area contributed by atoms with Crippen molar-refractivity contribution >= 4 is 5.97 Å². The molecule has 1 unspecified atom stereocenters. The third-order valence-corrected chi connectivity index (χ3v) is 9.67. The van der Waals surface area contributed by atoms with E-state index in [4.69, 9.17) is 0 Å². The zero-order valence-electron chi connectivity index (χ0n) is 29.9. The Hall–Kier alpha value is -0.790. The highest BCUT2D eigenvalue weighted by atomic mass is 16.4. The van der Waals surface area contributed by atoms with Crippen molar-refractivity contribution in [1.29, 1.82) is 0 Å². The Kier molecular flexibility index (Phi) is 35.0. The summed E-state index contributed by atoms with van der Waals surface area (Å²) in [6.07, 6.45) is 47.9. The summed E-state index contributed by atoms with van der Waals surface area (Å²) in [5.74, 6) is -0.799. The number of hydrogen-bond donors (Lipinski definition) is 1. The van der Waals surface area contributed by atoms with Crippen LogP contribution in [0.3, 0.4) is 0 Å². The van der Waals surface area contributed by atoms with Crippen LogP contribution in [0, 0.1) is 5.92 Å². The predicted molar refractivity (Wildman–Crippen MR) is 193 cm³/mol. The summed E-state index contributed by atoms with van der Waals surface area (Å²) in [7, 11) is 0. The average Bonchev–Trinajstić information content (AvgIpc) is 2.98. The summed E-state index contributed by atoms with van der Waals surface area (Å²) >= 11 is 0. The van der Waals surface area contributed by atoms with Crippen molar-refractivity contribution in [2.75, 3.05) is 0 Å². The van der Waals surface area contributed by atoms with Gasteiger partial charge in [0.25, 0.3) is 0 Å². The number of allylic oxidation sites excluding steroid dienone is 1. The van der Waals surface area contributed by atoms with Crippen LogP contribution >= 0.6 is 0 Å². The molecule has 0 aromatic rings. The Morgan fingerprint density at radius 1 is 0.442 bits per heavy atom. The maximum Gasteiger partial charge on any atom is 0.306 e. The summed E-state index contributed by atoms with van der Waals surface area (Å²) < 4.78 is 0. The second kappa shape index (κ2) is 35.7. The zero-order chi connectivity index (χ0) is 31.5. The lowest BCUT2D eigenvalue weighted by Crippen LogP contribution is -2.13. The van der Waals surface area contributed by atoms with Gasteiger partial charge in [-0.25, -0.2) is 0 Å². The van der Waals surface area contributed by atoms with Crippen molar-refractivity contribution in [3.8, 4) is 0 Å². The smallest absolute Gasteiger partial charge is 0.306 e. The number of rotatable bonds is 37. The van der Waals surface area contributed by atoms with E-state index in [1.807, 2.05) is 6.92 Å². The molecule has 0 saturated heterocycles. The van der Waals surface area contributed by atoms with Gasteiger partial charge >= 0.3 is 5.97 Å². The molecule has 43 heavy (non-hydrogen) atoms. The highest BCUT2D eigenvalue weighted by Gasteiger charge is 2.16. The van der Waals surface area contributed by atoms with Gasteiger partial charge < -0.3 is 5.11 Å². The van der Waals surface area contributed by atoms with Crippen molar-refractivity contribution in [3.63, 3.8) is 0 Å². The molecule has 0 heterocycles. The molecule has 0 bridgehead atoms. The van der Waals surface area contributed by atoms with E-state index < -0.39 is 5.97 Å². The Morgan fingerprint density at radius 3 is 0.884 bits per heavy atom. The minimum Gasteiger partial charge on any atom is -0.481 e. The molecular formula is C41H80O2. The molecule has 1 N–H and O–H groups in total. The van der Waals surface area contributed by atoms with Crippen molar-refractivity contribution in [1.82, 2.24) is 0 Å². The lowest BCUT2D eigenvalue weighted by molar-refractivity contribution is -0.142. The Bertz CT molecular complexity index is 568. The van der Waals surface area contributed by atoms with E-state index in [0.29, 0.717) is 0 Å². The minimum atomic E-state index is -0.623. The van der Waals surface area contributed by atoms with Gasteiger partial charge in [0.2, 0.25) is 0 Å². The SMILES string of the molecule is C=C(C)CCC(CCCCCCCCCCCCCCCCCCCCCCCCCCCCCCCCCC)C(=O)O. The van der Waals surface area contributed by atoms with Gasteiger partial charge in [0.05, 0.1) is 5.92 Å². The molecule has 0 aromatic heterocycles. The molecule has 0 aromatic carbocycles. The summed E-state index contributed by atoms with van der Waals surface area (Å²) in [6.45, 7) is 8.19. The quantitative estimate of drug-likeness (QED) is 0.0565. The van der Waals surface area contributed by atoms with Crippen molar-refractivity contribution in [2.24, 2.45) is 5.92 Å². The summed E-state index contributed by atoms with van der Waals surface area (Å²) in [6, 6.07) is 0. The van der Waals surface area contributed by atoms with E-state index in [2.05, 4.69) is 13.5 Å². The molecule has 0 fully saturated rings. The average molecular weight is 605 g/mol. The molecule has 0 amide bonds. The van der Waals surface area contributed by atoms with Gasteiger partial charge in [-0.1, -0.05) is 218 Å².